The molecule has 116 valence electrons. The van der Waals surface area contributed by atoms with E-state index in [1.54, 1.807) is 11.1 Å². The predicted molar refractivity (Wildman–Crippen MR) is 81.6 cm³/mol. The van der Waals surface area contributed by atoms with Crippen LogP contribution in [-0.4, -0.2) is 40.7 Å². The smallest absolute Gasteiger partial charge is 0.259 e. The van der Waals surface area contributed by atoms with Gasteiger partial charge in [0.25, 0.3) is 5.91 Å². The van der Waals surface area contributed by atoms with Gasteiger partial charge in [-0.3, -0.25) is 9.59 Å². The molecule has 0 saturated carbocycles. The van der Waals surface area contributed by atoms with Crippen molar-refractivity contribution in [3.8, 4) is 0 Å². The second kappa shape index (κ2) is 6.02. The molecular formula is C16H24N2O3. The second-order valence-corrected chi connectivity index (χ2v) is 5.77. The van der Waals surface area contributed by atoms with Crippen molar-refractivity contribution in [1.82, 2.24) is 9.47 Å². The number of hydrogen-bond donors (Lipinski definition) is 0. The Morgan fingerprint density at radius 1 is 1.38 bits per heavy atom. The van der Waals surface area contributed by atoms with E-state index in [2.05, 4.69) is 13.8 Å². The van der Waals surface area contributed by atoms with Gasteiger partial charge in [0.15, 0.2) is 5.43 Å². The number of aryl methyl sites for hydroxylation is 2. The lowest BCUT2D eigenvalue weighted by Crippen LogP contribution is -2.53. The van der Waals surface area contributed by atoms with Crippen molar-refractivity contribution in [3.05, 3.63) is 33.7 Å². The first-order valence-electron chi connectivity index (χ1n) is 7.53. The zero-order valence-electron chi connectivity index (χ0n) is 13.3. The number of pyridine rings is 1. The molecule has 1 aromatic heterocycles. The summed E-state index contributed by atoms with van der Waals surface area (Å²) in [6, 6.07) is 1.51. The van der Waals surface area contributed by atoms with E-state index < -0.39 is 0 Å². The van der Waals surface area contributed by atoms with Gasteiger partial charge in [-0.05, 0) is 19.8 Å². The van der Waals surface area contributed by atoms with Crippen molar-refractivity contribution in [2.75, 3.05) is 19.7 Å². The minimum Gasteiger partial charge on any atom is -0.371 e. The number of rotatable bonds is 3. The van der Waals surface area contributed by atoms with Gasteiger partial charge in [0.1, 0.15) is 5.56 Å². The maximum Gasteiger partial charge on any atom is 0.259 e. The number of aromatic nitrogens is 1. The number of carbonyl (C=O) groups is 1. The summed E-state index contributed by atoms with van der Waals surface area (Å²) in [4.78, 5) is 26.5. The molecule has 1 aromatic rings. The molecule has 1 aliphatic rings. The van der Waals surface area contributed by atoms with E-state index in [0.29, 0.717) is 19.7 Å². The molecule has 0 N–H and O–H groups in total. The van der Waals surface area contributed by atoms with Crippen LogP contribution in [-0.2, 0) is 11.8 Å². The fourth-order valence-corrected chi connectivity index (χ4v) is 2.76. The third-order valence-electron chi connectivity index (χ3n) is 4.54. The van der Waals surface area contributed by atoms with Crippen molar-refractivity contribution in [2.45, 2.75) is 39.2 Å². The van der Waals surface area contributed by atoms with Crippen molar-refractivity contribution in [2.24, 2.45) is 7.05 Å². The summed E-state index contributed by atoms with van der Waals surface area (Å²) in [6.45, 7) is 7.61. The number of morpholine rings is 1. The highest BCUT2D eigenvalue weighted by Crippen LogP contribution is 2.26. The molecule has 0 spiro atoms. The van der Waals surface area contributed by atoms with Crippen LogP contribution in [0.2, 0.25) is 0 Å². The Labute approximate surface area is 125 Å². The SMILES string of the molecule is CCC1(CC)CN(C(=O)c2cn(C)c(C)cc2=O)CCO1. The first kappa shape index (κ1) is 15.8. The molecule has 0 bridgehead atoms. The van der Waals surface area contributed by atoms with Crippen LogP contribution < -0.4 is 5.43 Å². The summed E-state index contributed by atoms with van der Waals surface area (Å²) in [5, 5.41) is 0. The first-order valence-corrected chi connectivity index (χ1v) is 7.53. The maximum absolute atomic E-state index is 12.7. The lowest BCUT2D eigenvalue weighted by molar-refractivity contribution is -0.103. The van der Waals surface area contributed by atoms with Gasteiger partial charge in [0.2, 0.25) is 0 Å². The fraction of sp³-hybridized carbons (Fsp3) is 0.625. The predicted octanol–water partition coefficient (Wildman–Crippen LogP) is 1.72. The normalized spacial score (nSPS) is 17.8. The third-order valence-corrected chi connectivity index (χ3v) is 4.54. The Balaban J connectivity index is 2.28. The quantitative estimate of drug-likeness (QED) is 0.852. The van der Waals surface area contributed by atoms with E-state index >= 15 is 0 Å². The van der Waals surface area contributed by atoms with Gasteiger partial charge in [-0.15, -0.1) is 0 Å². The Kier molecular flexibility index (Phi) is 4.52. The average Bonchev–Trinajstić information content (AvgIpc) is 2.50. The van der Waals surface area contributed by atoms with Crippen molar-refractivity contribution >= 4 is 5.91 Å². The van der Waals surface area contributed by atoms with Crippen molar-refractivity contribution in [3.63, 3.8) is 0 Å². The van der Waals surface area contributed by atoms with Crippen LogP contribution >= 0.6 is 0 Å². The molecule has 2 heterocycles. The summed E-state index contributed by atoms with van der Waals surface area (Å²) in [6.07, 6.45) is 3.35. The monoisotopic (exact) mass is 292 g/mol. The highest BCUT2D eigenvalue weighted by molar-refractivity contribution is 5.94. The summed E-state index contributed by atoms with van der Waals surface area (Å²) in [5.74, 6) is -0.190. The van der Waals surface area contributed by atoms with Crippen molar-refractivity contribution < 1.29 is 9.53 Å². The molecule has 21 heavy (non-hydrogen) atoms. The van der Waals surface area contributed by atoms with E-state index in [1.165, 1.54) is 6.07 Å². The van der Waals surface area contributed by atoms with Gasteiger partial charge < -0.3 is 14.2 Å². The largest absolute Gasteiger partial charge is 0.371 e. The van der Waals surface area contributed by atoms with E-state index in [0.717, 1.165) is 18.5 Å². The maximum atomic E-state index is 12.7. The van der Waals surface area contributed by atoms with Crippen LogP contribution in [0.25, 0.3) is 0 Å². The summed E-state index contributed by atoms with van der Waals surface area (Å²) >= 11 is 0. The topological polar surface area (TPSA) is 51.5 Å². The van der Waals surface area contributed by atoms with Crippen LogP contribution in [0.1, 0.15) is 42.7 Å². The van der Waals surface area contributed by atoms with Gasteiger partial charge in [-0.25, -0.2) is 0 Å². The van der Waals surface area contributed by atoms with Crippen LogP contribution in [0.5, 0.6) is 0 Å². The van der Waals surface area contributed by atoms with Crippen LogP contribution in [0.4, 0.5) is 0 Å². The zero-order valence-corrected chi connectivity index (χ0v) is 13.3. The molecule has 0 unspecified atom stereocenters. The highest BCUT2D eigenvalue weighted by atomic mass is 16.5. The number of nitrogens with zero attached hydrogens (tertiary/aromatic N) is 2. The molecule has 2 rings (SSSR count). The molecule has 1 fully saturated rings. The molecule has 1 aliphatic heterocycles. The molecule has 0 atom stereocenters. The Bertz CT molecular complexity index is 588. The van der Waals surface area contributed by atoms with Crippen LogP contribution in [0, 0.1) is 6.92 Å². The van der Waals surface area contributed by atoms with Gasteiger partial charge in [0, 0.05) is 31.5 Å². The van der Waals surface area contributed by atoms with Crippen LogP contribution in [0.3, 0.4) is 0 Å². The average molecular weight is 292 g/mol. The fourth-order valence-electron chi connectivity index (χ4n) is 2.76. The molecule has 0 aromatic carbocycles. The molecule has 5 heteroatoms. The van der Waals surface area contributed by atoms with Gasteiger partial charge in [0.05, 0.1) is 18.8 Å². The molecular weight excluding hydrogens is 268 g/mol. The van der Waals surface area contributed by atoms with Crippen molar-refractivity contribution in [1.29, 1.82) is 0 Å². The standard InChI is InChI=1S/C16H24N2O3/c1-5-16(6-2)11-18(7-8-21-16)15(20)13-10-17(4)12(3)9-14(13)19/h9-10H,5-8,11H2,1-4H3. The Morgan fingerprint density at radius 2 is 2.05 bits per heavy atom. The van der Waals surface area contributed by atoms with E-state index in [9.17, 15) is 9.59 Å². The van der Waals surface area contributed by atoms with Gasteiger partial charge in [-0.2, -0.15) is 0 Å². The third kappa shape index (κ3) is 3.02. The molecule has 5 nitrogen and oxygen atoms in total. The van der Waals surface area contributed by atoms with E-state index in [-0.39, 0.29) is 22.5 Å². The Morgan fingerprint density at radius 3 is 2.67 bits per heavy atom. The zero-order chi connectivity index (χ0) is 15.6. The first-order chi connectivity index (χ1) is 9.92. The van der Waals surface area contributed by atoms with E-state index in [4.69, 9.17) is 4.74 Å². The van der Waals surface area contributed by atoms with E-state index in [1.807, 2.05) is 18.5 Å². The number of ether oxygens (including phenoxy) is 1. The van der Waals surface area contributed by atoms with Gasteiger partial charge >= 0.3 is 0 Å². The Hall–Kier alpha value is -1.62. The molecule has 0 aliphatic carbocycles. The summed E-state index contributed by atoms with van der Waals surface area (Å²) < 4.78 is 7.68. The molecule has 1 saturated heterocycles. The number of hydrogen-bond acceptors (Lipinski definition) is 3. The summed E-state index contributed by atoms with van der Waals surface area (Å²) in [7, 11) is 1.84. The minimum atomic E-state index is -0.274. The molecule has 1 amide bonds. The highest BCUT2D eigenvalue weighted by Gasteiger charge is 2.36. The lowest BCUT2D eigenvalue weighted by Gasteiger charge is -2.42. The number of carbonyl (C=O) groups excluding carboxylic acids is 1. The summed E-state index contributed by atoms with van der Waals surface area (Å²) in [5.41, 5.74) is 0.603. The van der Waals surface area contributed by atoms with Gasteiger partial charge in [-0.1, -0.05) is 13.8 Å². The second-order valence-electron chi connectivity index (χ2n) is 5.77. The lowest BCUT2D eigenvalue weighted by atomic mass is 9.94. The molecule has 0 radical (unpaired) electrons. The minimum absolute atomic E-state index is 0.190. The van der Waals surface area contributed by atoms with Crippen LogP contribution in [0.15, 0.2) is 17.1 Å². The number of amides is 1.